The number of benzene rings is 1. The van der Waals surface area contributed by atoms with Crippen molar-refractivity contribution in [2.75, 3.05) is 18.9 Å². The lowest BCUT2D eigenvalue weighted by Gasteiger charge is -2.31. The van der Waals surface area contributed by atoms with Gasteiger partial charge in [0.2, 0.25) is 17.7 Å². The number of likely N-dealkylation sites (tertiary alicyclic amines) is 1. The molecule has 3 atom stereocenters. The van der Waals surface area contributed by atoms with Gasteiger partial charge in [-0.05, 0) is 51.8 Å². The second-order valence-electron chi connectivity index (χ2n) is 8.96. The highest BCUT2D eigenvalue weighted by molar-refractivity contribution is 6.04. The van der Waals surface area contributed by atoms with E-state index in [1.807, 2.05) is 51.1 Å². The molecular weight excluding hydrogens is 494 g/mol. The number of aromatic nitrogens is 1. The Morgan fingerprint density at radius 1 is 1.08 bits per heavy atom. The van der Waals surface area contributed by atoms with Gasteiger partial charge in [0.1, 0.15) is 12.1 Å². The molecule has 5 N–H and O–H groups in total. The molecule has 3 rings (SSSR count). The van der Waals surface area contributed by atoms with Gasteiger partial charge in [0.05, 0.1) is 17.2 Å². The molecule has 2 heterocycles. The van der Waals surface area contributed by atoms with Crippen molar-refractivity contribution >= 4 is 47.3 Å². The number of carboxylic acid groups (broad SMARTS) is 2. The minimum Gasteiger partial charge on any atom is -0.483 e. The lowest BCUT2D eigenvalue weighted by Crippen LogP contribution is -2.56. The number of para-hydroxylation sites is 1. The number of pyridine rings is 1. The third kappa shape index (κ3) is 8.80. The number of carbonyl (C=O) groups excluding carboxylic acids is 3. The quantitative estimate of drug-likeness (QED) is 0.332. The maximum atomic E-state index is 13.4. The van der Waals surface area contributed by atoms with E-state index in [0.29, 0.717) is 18.7 Å². The van der Waals surface area contributed by atoms with E-state index in [9.17, 15) is 14.4 Å². The van der Waals surface area contributed by atoms with Crippen LogP contribution in [-0.2, 0) is 24.0 Å². The molecule has 38 heavy (non-hydrogen) atoms. The Bertz CT molecular complexity index is 1100. The molecule has 1 saturated heterocycles. The van der Waals surface area contributed by atoms with Gasteiger partial charge < -0.3 is 31.1 Å². The zero-order valence-electron chi connectivity index (χ0n) is 22.3. The summed E-state index contributed by atoms with van der Waals surface area (Å²) < 4.78 is 0. The van der Waals surface area contributed by atoms with E-state index in [2.05, 4.69) is 20.9 Å². The van der Waals surface area contributed by atoms with Crippen LogP contribution in [-0.4, -0.2) is 82.5 Å². The van der Waals surface area contributed by atoms with Crippen LogP contribution in [0.3, 0.4) is 0 Å². The van der Waals surface area contributed by atoms with Crippen molar-refractivity contribution < 1.29 is 34.2 Å². The molecule has 0 aliphatic carbocycles. The third-order valence-corrected chi connectivity index (χ3v) is 6.01. The van der Waals surface area contributed by atoms with Crippen LogP contribution in [0.5, 0.6) is 0 Å². The predicted octanol–water partition coefficient (Wildman–Crippen LogP) is 1.62. The van der Waals surface area contributed by atoms with Crippen molar-refractivity contribution in [1.82, 2.24) is 20.5 Å². The Labute approximate surface area is 221 Å². The number of hydrogen-bond donors (Lipinski definition) is 5. The molecule has 0 saturated carbocycles. The average Bonchev–Trinajstić information content (AvgIpc) is 3.37. The molecule has 1 aliphatic rings. The molecule has 12 nitrogen and oxygen atoms in total. The van der Waals surface area contributed by atoms with Gasteiger partial charge in [0.25, 0.3) is 12.9 Å². The fourth-order valence-electron chi connectivity index (χ4n) is 3.97. The predicted molar refractivity (Wildman–Crippen MR) is 143 cm³/mol. The number of carbonyl (C=O) groups is 5. The van der Waals surface area contributed by atoms with Gasteiger partial charge in [0, 0.05) is 17.6 Å². The van der Waals surface area contributed by atoms with E-state index in [1.165, 1.54) is 0 Å². The number of hydrogen-bond acceptors (Lipinski definition) is 7. The Hall–Kier alpha value is -4.06. The van der Waals surface area contributed by atoms with Crippen LogP contribution in [0.1, 0.15) is 39.3 Å². The summed E-state index contributed by atoms with van der Waals surface area (Å²) in [4.78, 5) is 61.8. The van der Waals surface area contributed by atoms with Crippen LogP contribution < -0.4 is 16.0 Å². The number of fused-ring (bicyclic) bond motifs is 1. The molecule has 1 aromatic carbocycles. The van der Waals surface area contributed by atoms with Gasteiger partial charge in [-0.15, -0.1) is 0 Å². The molecule has 3 amide bonds. The summed E-state index contributed by atoms with van der Waals surface area (Å²) in [6, 6.07) is 7.87. The van der Waals surface area contributed by atoms with Crippen molar-refractivity contribution in [2.45, 2.75) is 58.7 Å². The number of aryl methyl sites for hydroxylation is 1. The summed E-state index contributed by atoms with van der Waals surface area (Å²) >= 11 is 0. The second kappa shape index (κ2) is 15.9. The minimum absolute atomic E-state index is 0.106. The SMILES string of the molecule is CN[C@@H](C)C(=O)N[C@H](C(=O)N1CCC[C@H]1C(=O)Nc1cccc2ccc(C)nc12)C(C)C.O=CO.O=CO. The largest absolute Gasteiger partial charge is 0.483 e. The first-order chi connectivity index (χ1) is 18.1. The molecule has 0 bridgehead atoms. The Morgan fingerprint density at radius 2 is 1.71 bits per heavy atom. The maximum absolute atomic E-state index is 13.4. The molecule has 208 valence electrons. The Morgan fingerprint density at radius 3 is 2.29 bits per heavy atom. The molecule has 0 spiro atoms. The van der Waals surface area contributed by atoms with Crippen LogP contribution in [0.2, 0.25) is 0 Å². The first kappa shape index (κ1) is 32.0. The third-order valence-electron chi connectivity index (χ3n) is 6.01. The summed E-state index contributed by atoms with van der Waals surface area (Å²) in [6.45, 7) is 7.42. The smallest absolute Gasteiger partial charge is 0.290 e. The first-order valence-electron chi connectivity index (χ1n) is 12.2. The fraction of sp³-hybridized carbons (Fsp3) is 0.462. The lowest BCUT2D eigenvalue weighted by molar-refractivity contribution is -0.141. The molecule has 1 fully saturated rings. The van der Waals surface area contributed by atoms with Crippen LogP contribution in [0, 0.1) is 12.8 Å². The van der Waals surface area contributed by atoms with E-state index in [4.69, 9.17) is 19.8 Å². The number of rotatable bonds is 7. The Balaban J connectivity index is 0.00000110. The van der Waals surface area contributed by atoms with E-state index in [1.54, 1.807) is 18.9 Å². The highest BCUT2D eigenvalue weighted by Crippen LogP contribution is 2.25. The van der Waals surface area contributed by atoms with Crippen LogP contribution in [0.25, 0.3) is 10.9 Å². The molecule has 1 aliphatic heterocycles. The van der Waals surface area contributed by atoms with E-state index in [-0.39, 0.29) is 36.6 Å². The monoisotopic (exact) mass is 531 g/mol. The van der Waals surface area contributed by atoms with Gasteiger partial charge in [-0.25, -0.2) is 0 Å². The summed E-state index contributed by atoms with van der Waals surface area (Å²) in [5.74, 6) is -0.799. The number of nitrogens with zero attached hydrogens (tertiary/aromatic N) is 2. The molecule has 2 aromatic rings. The molecule has 1 aromatic heterocycles. The molecule has 0 unspecified atom stereocenters. The molecule has 0 radical (unpaired) electrons. The highest BCUT2D eigenvalue weighted by Gasteiger charge is 2.39. The van der Waals surface area contributed by atoms with Crippen molar-refractivity contribution in [1.29, 1.82) is 0 Å². The second-order valence-corrected chi connectivity index (χ2v) is 8.96. The molecule has 12 heteroatoms. The number of nitrogens with one attached hydrogen (secondary N) is 3. The van der Waals surface area contributed by atoms with Crippen molar-refractivity contribution in [3.8, 4) is 0 Å². The number of likely N-dealkylation sites (N-methyl/N-ethyl adjacent to an activating group) is 1. The van der Waals surface area contributed by atoms with Gasteiger partial charge in [0.15, 0.2) is 0 Å². The number of anilines is 1. The normalized spacial score (nSPS) is 15.7. The highest BCUT2D eigenvalue weighted by atomic mass is 16.3. The lowest BCUT2D eigenvalue weighted by atomic mass is 10.0. The van der Waals surface area contributed by atoms with E-state index < -0.39 is 18.1 Å². The van der Waals surface area contributed by atoms with Crippen molar-refractivity contribution in [3.05, 3.63) is 36.0 Å². The zero-order chi connectivity index (χ0) is 28.8. The minimum atomic E-state index is -0.687. The van der Waals surface area contributed by atoms with Gasteiger partial charge in [-0.1, -0.05) is 32.0 Å². The van der Waals surface area contributed by atoms with Crippen LogP contribution >= 0.6 is 0 Å². The molecular formula is C26H37N5O7. The standard InChI is InChI=1S/C24H33N5O3.2CH2O2/c1-14(2)20(28-22(30)16(4)25-5)24(32)29-13-7-10-19(29)23(31)27-18-9-6-8-17-12-11-15(3)26-21(17)18;2*2-1-3/h6,8-9,11-12,14,16,19-20,25H,7,10,13H2,1-5H3,(H,27,31)(H,28,30);2*1H,(H,2,3)/t16-,19-,20-;;/m0../s1. The van der Waals surface area contributed by atoms with E-state index >= 15 is 0 Å². The topological polar surface area (TPSA) is 178 Å². The zero-order valence-corrected chi connectivity index (χ0v) is 22.3. The summed E-state index contributed by atoms with van der Waals surface area (Å²) in [6.07, 6.45) is 1.32. The maximum Gasteiger partial charge on any atom is 0.290 e. The summed E-state index contributed by atoms with van der Waals surface area (Å²) in [5.41, 5.74) is 2.22. The van der Waals surface area contributed by atoms with Crippen LogP contribution in [0.15, 0.2) is 30.3 Å². The van der Waals surface area contributed by atoms with E-state index in [0.717, 1.165) is 23.0 Å². The van der Waals surface area contributed by atoms with Crippen molar-refractivity contribution in [2.24, 2.45) is 5.92 Å². The van der Waals surface area contributed by atoms with Gasteiger partial charge >= 0.3 is 0 Å². The summed E-state index contributed by atoms with van der Waals surface area (Å²) in [5, 5.41) is 23.4. The fourth-order valence-corrected chi connectivity index (χ4v) is 3.97. The van der Waals surface area contributed by atoms with Gasteiger partial charge in [-0.3, -0.25) is 29.0 Å². The first-order valence-corrected chi connectivity index (χ1v) is 12.2. The Kier molecular flexibility index (Phi) is 13.4. The van der Waals surface area contributed by atoms with Gasteiger partial charge in [-0.2, -0.15) is 0 Å². The van der Waals surface area contributed by atoms with Crippen molar-refractivity contribution in [3.63, 3.8) is 0 Å². The number of amides is 3. The average molecular weight is 532 g/mol. The van der Waals surface area contributed by atoms with Crippen LogP contribution in [0.4, 0.5) is 5.69 Å². The summed E-state index contributed by atoms with van der Waals surface area (Å²) in [7, 11) is 1.70.